The summed E-state index contributed by atoms with van der Waals surface area (Å²) in [5.41, 5.74) is 7.51. The molecule has 18 heavy (non-hydrogen) atoms. The Morgan fingerprint density at radius 3 is 2.67 bits per heavy atom. The fraction of sp³-hybridized carbons (Fsp3) is 0.500. The lowest BCUT2D eigenvalue weighted by Gasteiger charge is -2.15. The first-order valence-corrected chi connectivity index (χ1v) is 6.22. The summed E-state index contributed by atoms with van der Waals surface area (Å²) in [7, 11) is 0. The van der Waals surface area contributed by atoms with Gasteiger partial charge in [-0.3, -0.25) is 4.79 Å². The van der Waals surface area contributed by atoms with Crippen molar-refractivity contribution in [2.24, 2.45) is 5.92 Å². The summed E-state index contributed by atoms with van der Waals surface area (Å²) in [6.45, 7) is 6.10. The number of rotatable bonds is 6. The highest BCUT2D eigenvalue weighted by Gasteiger charge is 2.08. The van der Waals surface area contributed by atoms with Crippen LogP contribution >= 0.6 is 0 Å². The number of ketones is 1. The van der Waals surface area contributed by atoms with E-state index in [9.17, 15) is 9.90 Å². The van der Waals surface area contributed by atoms with Crippen molar-refractivity contribution in [3.63, 3.8) is 0 Å². The Morgan fingerprint density at radius 1 is 1.44 bits per heavy atom. The average Bonchev–Trinajstić information content (AvgIpc) is 2.26. The molecule has 1 atom stereocenters. The Balaban J connectivity index is 2.63. The normalized spacial score (nSPS) is 12.5. The molecule has 100 valence electrons. The standard InChI is InChI=1S/C14H22N2O2/c1-9(2)6-12(18)8-16-11-4-5-14(15)13(7-11)10(3)17/h4-5,7,9,12,16,18H,6,8,15H2,1-3H3. The van der Waals surface area contributed by atoms with E-state index >= 15 is 0 Å². The minimum Gasteiger partial charge on any atom is -0.398 e. The van der Waals surface area contributed by atoms with Crippen molar-refractivity contribution in [2.75, 3.05) is 17.6 Å². The van der Waals surface area contributed by atoms with Crippen LogP contribution in [-0.4, -0.2) is 23.5 Å². The highest BCUT2D eigenvalue weighted by Crippen LogP contribution is 2.18. The lowest BCUT2D eigenvalue weighted by atomic mass is 10.1. The van der Waals surface area contributed by atoms with Crippen LogP contribution in [0.25, 0.3) is 0 Å². The molecule has 1 rings (SSSR count). The fourth-order valence-electron chi connectivity index (χ4n) is 1.83. The maximum absolute atomic E-state index is 11.3. The van der Waals surface area contributed by atoms with Crippen LogP contribution in [0.4, 0.5) is 11.4 Å². The second-order valence-electron chi connectivity index (χ2n) is 5.02. The van der Waals surface area contributed by atoms with E-state index in [2.05, 4.69) is 19.2 Å². The molecule has 0 radical (unpaired) electrons. The van der Waals surface area contributed by atoms with E-state index in [1.807, 2.05) is 6.07 Å². The molecular weight excluding hydrogens is 228 g/mol. The monoisotopic (exact) mass is 250 g/mol. The molecule has 0 saturated heterocycles. The van der Waals surface area contributed by atoms with Crippen LogP contribution in [0.3, 0.4) is 0 Å². The van der Waals surface area contributed by atoms with Gasteiger partial charge in [0, 0.05) is 23.5 Å². The number of anilines is 2. The van der Waals surface area contributed by atoms with E-state index in [4.69, 9.17) is 5.73 Å². The minimum atomic E-state index is -0.386. The van der Waals surface area contributed by atoms with Crippen LogP contribution in [0.1, 0.15) is 37.6 Å². The summed E-state index contributed by atoms with van der Waals surface area (Å²) in [6.07, 6.45) is 0.366. The number of hydrogen-bond acceptors (Lipinski definition) is 4. The number of nitrogen functional groups attached to an aromatic ring is 1. The second-order valence-corrected chi connectivity index (χ2v) is 5.02. The van der Waals surface area contributed by atoms with Gasteiger partial charge >= 0.3 is 0 Å². The third kappa shape index (κ3) is 4.37. The van der Waals surface area contributed by atoms with E-state index in [1.54, 1.807) is 12.1 Å². The van der Waals surface area contributed by atoms with Gasteiger partial charge in [-0.15, -0.1) is 0 Å². The topological polar surface area (TPSA) is 75.3 Å². The largest absolute Gasteiger partial charge is 0.398 e. The zero-order valence-corrected chi connectivity index (χ0v) is 11.2. The number of aliphatic hydroxyl groups is 1. The van der Waals surface area contributed by atoms with Gasteiger partial charge in [-0.25, -0.2) is 0 Å². The highest BCUT2D eigenvalue weighted by atomic mass is 16.3. The predicted octanol–water partition coefficient (Wildman–Crippen LogP) is 2.29. The number of nitrogens with two attached hydrogens (primary N) is 1. The van der Waals surface area contributed by atoms with Gasteiger partial charge in [-0.05, 0) is 37.5 Å². The van der Waals surface area contributed by atoms with Crippen LogP contribution in [-0.2, 0) is 0 Å². The van der Waals surface area contributed by atoms with Gasteiger partial charge in [0.05, 0.1) is 6.10 Å². The number of aliphatic hydroxyl groups excluding tert-OH is 1. The molecule has 4 N–H and O–H groups in total. The Bertz CT molecular complexity index is 416. The zero-order valence-electron chi connectivity index (χ0n) is 11.2. The second kappa shape index (κ2) is 6.40. The Hall–Kier alpha value is -1.55. The quantitative estimate of drug-likeness (QED) is 0.535. The lowest BCUT2D eigenvalue weighted by Crippen LogP contribution is -2.21. The van der Waals surface area contributed by atoms with Crippen LogP contribution in [0.2, 0.25) is 0 Å². The van der Waals surface area contributed by atoms with E-state index in [-0.39, 0.29) is 11.9 Å². The SMILES string of the molecule is CC(=O)c1cc(NCC(O)CC(C)C)ccc1N. The zero-order chi connectivity index (χ0) is 13.7. The summed E-state index contributed by atoms with van der Waals surface area (Å²) in [5.74, 6) is 0.403. The van der Waals surface area contributed by atoms with Gasteiger partial charge < -0.3 is 16.2 Å². The fourth-order valence-corrected chi connectivity index (χ4v) is 1.83. The number of nitrogens with one attached hydrogen (secondary N) is 1. The molecule has 0 fully saturated rings. The van der Waals surface area contributed by atoms with Crippen molar-refractivity contribution < 1.29 is 9.90 Å². The molecule has 1 aromatic carbocycles. The third-order valence-corrected chi connectivity index (χ3v) is 2.72. The van der Waals surface area contributed by atoms with Crippen molar-refractivity contribution in [3.05, 3.63) is 23.8 Å². The first-order chi connectivity index (χ1) is 8.40. The maximum Gasteiger partial charge on any atom is 0.161 e. The van der Waals surface area contributed by atoms with E-state index in [1.165, 1.54) is 6.92 Å². The molecule has 0 aliphatic carbocycles. The molecule has 4 heteroatoms. The first kappa shape index (κ1) is 14.5. The molecule has 4 nitrogen and oxygen atoms in total. The molecule has 1 aromatic rings. The van der Waals surface area contributed by atoms with Crippen LogP contribution in [0.15, 0.2) is 18.2 Å². The Labute approximate surface area is 108 Å². The van der Waals surface area contributed by atoms with Crippen molar-refractivity contribution in [1.29, 1.82) is 0 Å². The highest BCUT2D eigenvalue weighted by molar-refractivity contribution is 5.99. The van der Waals surface area contributed by atoms with E-state index in [0.717, 1.165) is 12.1 Å². The van der Waals surface area contributed by atoms with Crippen LogP contribution < -0.4 is 11.1 Å². The molecular formula is C14H22N2O2. The maximum atomic E-state index is 11.3. The van der Waals surface area contributed by atoms with Crippen molar-refractivity contribution >= 4 is 17.2 Å². The summed E-state index contributed by atoms with van der Waals surface area (Å²) in [4.78, 5) is 11.3. The number of Topliss-reactive ketones (excluding diaryl/α,β-unsaturated/α-hetero) is 1. The van der Waals surface area contributed by atoms with Gasteiger partial charge in [0.25, 0.3) is 0 Å². The summed E-state index contributed by atoms with van der Waals surface area (Å²) in [5, 5.41) is 12.9. The first-order valence-electron chi connectivity index (χ1n) is 6.22. The molecule has 1 unspecified atom stereocenters. The molecule has 0 bridgehead atoms. The van der Waals surface area contributed by atoms with Crippen LogP contribution in [0.5, 0.6) is 0 Å². The molecule has 0 aliphatic heterocycles. The smallest absolute Gasteiger partial charge is 0.161 e. The Kier molecular flexibility index (Phi) is 5.16. The predicted molar refractivity (Wildman–Crippen MR) is 74.8 cm³/mol. The van der Waals surface area contributed by atoms with Gasteiger partial charge in [0.1, 0.15) is 0 Å². The number of carbonyl (C=O) groups excluding carboxylic acids is 1. The number of hydrogen-bond donors (Lipinski definition) is 3. The molecule has 0 heterocycles. The molecule has 0 amide bonds. The molecule has 0 aliphatic rings. The van der Waals surface area contributed by atoms with Gasteiger partial charge in [-0.1, -0.05) is 13.8 Å². The van der Waals surface area contributed by atoms with Crippen molar-refractivity contribution in [1.82, 2.24) is 0 Å². The van der Waals surface area contributed by atoms with Gasteiger partial charge in [-0.2, -0.15) is 0 Å². The molecule has 0 saturated carbocycles. The number of carbonyl (C=O) groups is 1. The number of benzene rings is 1. The van der Waals surface area contributed by atoms with Gasteiger partial charge in [0.2, 0.25) is 0 Å². The summed E-state index contributed by atoms with van der Waals surface area (Å²) in [6, 6.07) is 5.23. The van der Waals surface area contributed by atoms with Crippen molar-refractivity contribution in [3.8, 4) is 0 Å². The summed E-state index contributed by atoms with van der Waals surface area (Å²) < 4.78 is 0. The van der Waals surface area contributed by atoms with Gasteiger partial charge in [0.15, 0.2) is 5.78 Å². The van der Waals surface area contributed by atoms with Crippen LogP contribution in [0, 0.1) is 5.92 Å². The van der Waals surface area contributed by atoms with E-state index in [0.29, 0.717) is 23.7 Å². The Morgan fingerprint density at radius 2 is 2.11 bits per heavy atom. The molecule has 0 aromatic heterocycles. The summed E-state index contributed by atoms with van der Waals surface area (Å²) >= 11 is 0. The van der Waals surface area contributed by atoms with Crippen molar-refractivity contribution in [2.45, 2.75) is 33.3 Å². The third-order valence-electron chi connectivity index (χ3n) is 2.72. The lowest BCUT2D eigenvalue weighted by molar-refractivity contribution is 0.101. The molecule has 0 spiro atoms. The average molecular weight is 250 g/mol. The van der Waals surface area contributed by atoms with E-state index < -0.39 is 0 Å². The minimum absolute atomic E-state index is 0.0566.